The molecule has 0 aliphatic rings. The number of hydrogen-bond donors (Lipinski definition) is 0. The molecule has 0 bridgehead atoms. The minimum atomic E-state index is 0.632. The monoisotopic (exact) mass is 743 g/mol. The van der Waals surface area contributed by atoms with Gasteiger partial charge in [0.15, 0.2) is 17.5 Å². The molecule has 0 amide bonds. The summed E-state index contributed by atoms with van der Waals surface area (Å²) in [7, 11) is 0. The second kappa shape index (κ2) is 13.8. The van der Waals surface area contributed by atoms with Crippen molar-refractivity contribution in [1.82, 2.24) is 15.0 Å². The Bertz CT molecular complexity index is 3300. The normalized spacial score (nSPS) is 11.5. The summed E-state index contributed by atoms with van der Waals surface area (Å²) in [6.45, 7) is 0. The van der Waals surface area contributed by atoms with Crippen LogP contribution in [0.25, 0.3) is 109 Å². The zero-order valence-electron chi connectivity index (χ0n) is 30.8. The predicted octanol–water partition coefficient (Wildman–Crippen LogP) is 14.5. The molecule has 4 heteroatoms. The number of benzene rings is 9. The SMILES string of the molecule is c1ccc(-c2nc(-c3ccccc3-c3c(-c4c(-c5ccccc5)ccc5ccccc45)ccc4ccccc34)nc(-c3cccc4c3sc3ccccc34)n2)cc1. The number of rotatable bonds is 6. The Balaban J connectivity index is 1.21. The van der Waals surface area contributed by atoms with E-state index in [1.807, 2.05) is 18.2 Å². The predicted molar refractivity (Wildman–Crippen MR) is 240 cm³/mol. The largest absolute Gasteiger partial charge is 0.208 e. The summed E-state index contributed by atoms with van der Waals surface area (Å²) in [5.74, 6) is 1.93. The van der Waals surface area contributed by atoms with Crippen LogP contribution in [0.4, 0.5) is 0 Å². The molecule has 2 heterocycles. The number of fused-ring (bicyclic) bond motifs is 5. The van der Waals surface area contributed by atoms with Gasteiger partial charge in [-0.2, -0.15) is 0 Å². The van der Waals surface area contributed by atoms with Crippen molar-refractivity contribution in [2.45, 2.75) is 0 Å². The lowest BCUT2D eigenvalue weighted by molar-refractivity contribution is 1.08. The van der Waals surface area contributed by atoms with Crippen LogP contribution in [0, 0.1) is 0 Å². The van der Waals surface area contributed by atoms with Gasteiger partial charge in [-0.25, -0.2) is 15.0 Å². The van der Waals surface area contributed by atoms with Gasteiger partial charge in [0, 0.05) is 36.9 Å². The minimum absolute atomic E-state index is 0.632. The molecule has 11 aromatic rings. The molecule has 2 aromatic heterocycles. The minimum Gasteiger partial charge on any atom is -0.208 e. The molecule has 0 N–H and O–H groups in total. The first-order valence-electron chi connectivity index (χ1n) is 19.2. The van der Waals surface area contributed by atoms with Crippen LogP contribution < -0.4 is 0 Å². The number of nitrogens with zero attached hydrogens (tertiary/aromatic N) is 3. The molecule has 3 nitrogen and oxygen atoms in total. The van der Waals surface area contributed by atoms with Crippen LogP contribution in [-0.4, -0.2) is 15.0 Å². The van der Waals surface area contributed by atoms with Crippen molar-refractivity contribution in [1.29, 1.82) is 0 Å². The molecule has 57 heavy (non-hydrogen) atoms. The number of aromatic nitrogens is 3. The van der Waals surface area contributed by atoms with E-state index >= 15 is 0 Å². The van der Waals surface area contributed by atoms with E-state index in [0.29, 0.717) is 17.5 Å². The van der Waals surface area contributed by atoms with E-state index in [4.69, 9.17) is 15.0 Å². The standard InChI is InChI=1S/C53H33N3S/c1-3-16-34(17-4-1)40-32-30-35-18-7-9-22-38(35)48(40)45-33-31-36-19-8-10-23-39(36)49(45)42-25-11-12-26-44(42)52-54-51(37-20-5-2-6-21-37)55-53(56-52)46-28-15-27-43-41-24-13-14-29-47(41)57-50(43)46/h1-33H. The lowest BCUT2D eigenvalue weighted by Crippen LogP contribution is -2.01. The summed E-state index contributed by atoms with van der Waals surface area (Å²) in [4.78, 5) is 15.9. The van der Waals surface area contributed by atoms with E-state index in [-0.39, 0.29) is 0 Å². The van der Waals surface area contributed by atoms with E-state index in [1.165, 1.54) is 58.4 Å². The second-order valence-corrected chi connectivity index (χ2v) is 15.3. The van der Waals surface area contributed by atoms with Gasteiger partial charge >= 0.3 is 0 Å². The highest BCUT2D eigenvalue weighted by Crippen LogP contribution is 2.47. The van der Waals surface area contributed by atoms with Crippen LogP contribution in [0.2, 0.25) is 0 Å². The van der Waals surface area contributed by atoms with Gasteiger partial charge in [0.25, 0.3) is 0 Å². The van der Waals surface area contributed by atoms with Crippen LogP contribution in [0.1, 0.15) is 0 Å². The lowest BCUT2D eigenvalue weighted by atomic mass is 9.83. The average Bonchev–Trinajstić information content (AvgIpc) is 3.68. The van der Waals surface area contributed by atoms with Crippen LogP contribution >= 0.6 is 11.3 Å². The van der Waals surface area contributed by atoms with Gasteiger partial charge in [0.1, 0.15) is 0 Å². The molecular weight excluding hydrogens is 711 g/mol. The van der Waals surface area contributed by atoms with Crippen molar-refractivity contribution in [3.05, 3.63) is 200 Å². The summed E-state index contributed by atoms with van der Waals surface area (Å²) in [5.41, 5.74) is 9.82. The highest BCUT2D eigenvalue weighted by Gasteiger charge is 2.23. The van der Waals surface area contributed by atoms with Gasteiger partial charge < -0.3 is 0 Å². The molecule has 0 fully saturated rings. The van der Waals surface area contributed by atoms with E-state index in [0.717, 1.165) is 33.4 Å². The van der Waals surface area contributed by atoms with Gasteiger partial charge in [0.2, 0.25) is 0 Å². The fraction of sp³-hybridized carbons (Fsp3) is 0. The highest BCUT2D eigenvalue weighted by molar-refractivity contribution is 7.26. The molecule has 0 aliphatic carbocycles. The third kappa shape index (κ3) is 5.69. The van der Waals surface area contributed by atoms with Gasteiger partial charge in [-0.05, 0) is 67.1 Å². The maximum atomic E-state index is 5.39. The fourth-order valence-corrected chi connectivity index (χ4v) is 9.55. The third-order valence-electron chi connectivity index (χ3n) is 11.0. The highest BCUT2D eigenvalue weighted by atomic mass is 32.1. The summed E-state index contributed by atoms with van der Waals surface area (Å²) >= 11 is 1.79. The van der Waals surface area contributed by atoms with Crippen LogP contribution in [0.3, 0.4) is 0 Å². The quantitative estimate of drug-likeness (QED) is 0.170. The molecular formula is C53H33N3S. The van der Waals surface area contributed by atoms with Crippen molar-refractivity contribution in [3.63, 3.8) is 0 Å². The molecule has 11 rings (SSSR count). The topological polar surface area (TPSA) is 38.7 Å². The first-order valence-corrected chi connectivity index (χ1v) is 20.0. The molecule has 9 aromatic carbocycles. The molecule has 0 saturated heterocycles. The lowest BCUT2D eigenvalue weighted by Gasteiger charge is -2.21. The molecule has 0 saturated carbocycles. The molecule has 0 spiro atoms. The molecule has 0 unspecified atom stereocenters. The molecule has 0 atom stereocenters. The maximum Gasteiger partial charge on any atom is 0.165 e. The van der Waals surface area contributed by atoms with Gasteiger partial charge in [-0.15, -0.1) is 11.3 Å². The summed E-state index contributed by atoms with van der Waals surface area (Å²) in [6.07, 6.45) is 0. The van der Waals surface area contributed by atoms with E-state index in [2.05, 4.69) is 182 Å². The Labute approximate surface area is 334 Å². The zero-order valence-corrected chi connectivity index (χ0v) is 31.6. The summed E-state index contributed by atoms with van der Waals surface area (Å²) < 4.78 is 2.42. The maximum absolute atomic E-state index is 5.39. The number of hydrogen-bond acceptors (Lipinski definition) is 4. The van der Waals surface area contributed by atoms with Gasteiger partial charge in [0.05, 0.1) is 0 Å². The second-order valence-electron chi connectivity index (χ2n) is 14.3. The Morgan fingerprint density at radius 1 is 0.281 bits per heavy atom. The first-order chi connectivity index (χ1) is 28.3. The van der Waals surface area contributed by atoms with Crippen LogP contribution in [-0.2, 0) is 0 Å². The first kappa shape index (κ1) is 33.1. The average molecular weight is 744 g/mol. The van der Waals surface area contributed by atoms with Crippen molar-refractivity contribution >= 4 is 53.1 Å². The van der Waals surface area contributed by atoms with Crippen molar-refractivity contribution in [3.8, 4) is 67.5 Å². The van der Waals surface area contributed by atoms with Crippen LogP contribution in [0.15, 0.2) is 200 Å². The Morgan fingerprint density at radius 3 is 1.49 bits per heavy atom. The Kier molecular flexibility index (Phi) is 8.01. The Hall–Kier alpha value is -7.27. The number of thiophene rings is 1. The third-order valence-corrected chi connectivity index (χ3v) is 12.2. The summed E-state index contributed by atoms with van der Waals surface area (Å²) in [5, 5.41) is 7.20. The molecule has 0 radical (unpaired) electrons. The van der Waals surface area contributed by atoms with Crippen molar-refractivity contribution in [2.24, 2.45) is 0 Å². The van der Waals surface area contributed by atoms with Crippen molar-refractivity contribution in [2.75, 3.05) is 0 Å². The zero-order chi connectivity index (χ0) is 37.7. The Morgan fingerprint density at radius 2 is 0.772 bits per heavy atom. The fourth-order valence-electron chi connectivity index (χ4n) is 8.34. The van der Waals surface area contributed by atoms with Gasteiger partial charge in [-0.3, -0.25) is 0 Å². The molecule has 266 valence electrons. The van der Waals surface area contributed by atoms with Gasteiger partial charge in [-0.1, -0.05) is 188 Å². The van der Waals surface area contributed by atoms with E-state index in [1.54, 1.807) is 11.3 Å². The van der Waals surface area contributed by atoms with Crippen molar-refractivity contribution < 1.29 is 0 Å². The van der Waals surface area contributed by atoms with E-state index in [9.17, 15) is 0 Å². The van der Waals surface area contributed by atoms with Crippen LogP contribution in [0.5, 0.6) is 0 Å². The smallest absolute Gasteiger partial charge is 0.165 e. The van der Waals surface area contributed by atoms with E-state index < -0.39 is 0 Å². The summed E-state index contributed by atoms with van der Waals surface area (Å²) in [6, 6.07) is 71.1. The molecule has 0 aliphatic heterocycles.